The molecule has 2 rings (SSSR count). The van der Waals surface area contributed by atoms with Crippen LogP contribution in [0.25, 0.3) is 0 Å². The van der Waals surface area contributed by atoms with Gasteiger partial charge in [0.1, 0.15) is 11.8 Å². The van der Waals surface area contributed by atoms with Crippen LogP contribution in [0, 0.1) is 5.92 Å². The Morgan fingerprint density at radius 1 is 1.32 bits per heavy atom. The highest BCUT2D eigenvalue weighted by atomic mass is 16.5. The van der Waals surface area contributed by atoms with Gasteiger partial charge in [0.25, 0.3) is 0 Å². The van der Waals surface area contributed by atoms with Crippen molar-refractivity contribution in [2.24, 2.45) is 5.92 Å². The minimum atomic E-state index is -0.527. The molecule has 19 heavy (non-hydrogen) atoms. The van der Waals surface area contributed by atoms with Crippen LogP contribution in [0.2, 0.25) is 0 Å². The summed E-state index contributed by atoms with van der Waals surface area (Å²) in [5.74, 6) is -0.0488. The number of benzene rings is 1. The number of β-lactam (4-membered cyclic amide) rings is 1. The molecule has 1 aromatic carbocycles. The fourth-order valence-corrected chi connectivity index (χ4v) is 2.20. The van der Waals surface area contributed by atoms with Crippen molar-refractivity contribution in [3.63, 3.8) is 0 Å². The van der Waals surface area contributed by atoms with Crippen molar-refractivity contribution in [3.05, 3.63) is 24.3 Å². The van der Waals surface area contributed by atoms with Crippen LogP contribution in [0.15, 0.2) is 24.3 Å². The maximum absolute atomic E-state index is 11.9. The minimum absolute atomic E-state index is 0.0665. The lowest BCUT2D eigenvalue weighted by atomic mass is 9.88. The van der Waals surface area contributed by atoms with E-state index in [2.05, 4.69) is 0 Å². The fraction of sp³-hybridized carbons (Fsp3) is 0.429. The average Bonchev–Trinajstić information content (AvgIpc) is 2.44. The number of amides is 1. The molecule has 5 heteroatoms. The van der Waals surface area contributed by atoms with E-state index in [-0.39, 0.29) is 17.8 Å². The van der Waals surface area contributed by atoms with Gasteiger partial charge in [-0.25, -0.2) is 4.79 Å². The van der Waals surface area contributed by atoms with Crippen molar-refractivity contribution in [3.8, 4) is 5.75 Å². The lowest BCUT2D eigenvalue weighted by molar-refractivity contribution is -0.153. The van der Waals surface area contributed by atoms with Gasteiger partial charge in [-0.2, -0.15) is 0 Å². The quantitative estimate of drug-likeness (QED) is 0.611. The first-order chi connectivity index (χ1) is 9.10. The van der Waals surface area contributed by atoms with E-state index in [0.29, 0.717) is 18.0 Å². The first-order valence-electron chi connectivity index (χ1n) is 6.24. The molecule has 1 aliphatic heterocycles. The molecular formula is C14H17NO4. The van der Waals surface area contributed by atoms with Crippen LogP contribution in [-0.2, 0) is 14.3 Å². The molecule has 0 aromatic heterocycles. The molecule has 0 aliphatic carbocycles. The monoisotopic (exact) mass is 263 g/mol. The van der Waals surface area contributed by atoms with Crippen LogP contribution in [0.4, 0.5) is 5.69 Å². The Labute approximate surface area is 112 Å². The van der Waals surface area contributed by atoms with Crippen LogP contribution in [0.1, 0.15) is 13.8 Å². The summed E-state index contributed by atoms with van der Waals surface area (Å²) in [6, 6.07) is 6.51. The van der Waals surface area contributed by atoms with E-state index < -0.39 is 6.04 Å². The molecule has 0 bridgehead atoms. The molecule has 1 aliphatic rings. The topological polar surface area (TPSA) is 55.8 Å². The molecule has 1 aromatic rings. The Balaban J connectivity index is 2.21. The largest absolute Gasteiger partial charge is 0.497 e. The van der Waals surface area contributed by atoms with Gasteiger partial charge in [-0.1, -0.05) is 6.92 Å². The van der Waals surface area contributed by atoms with Crippen molar-refractivity contribution in [2.75, 3.05) is 18.6 Å². The Hall–Kier alpha value is -2.04. The van der Waals surface area contributed by atoms with E-state index in [1.54, 1.807) is 45.2 Å². The lowest BCUT2D eigenvalue weighted by Crippen LogP contribution is -2.64. The third-order valence-electron chi connectivity index (χ3n) is 3.26. The summed E-state index contributed by atoms with van der Waals surface area (Å²) in [4.78, 5) is 25.2. The SMILES string of the molecule is CCOC(=O)[C@@H]1[C@@H](C)C(=O)N1c1ccc(OC)cc1. The third kappa shape index (κ3) is 2.28. The van der Waals surface area contributed by atoms with Crippen molar-refractivity contribution >= 4 is 17.6 Å². The Morgan fingerprint density at radius 3 is 2.47 bits per heavy atom. The standard InChI is InChI=1S/C14H17NO4/c1-4-19-14(17)12-9(2)13(16)15(12)10-5-7-11(18-3)8-6-10/h5-9,12H,4H2,1-3H3/t9-,12+/m1/s1. The van der Waals surface area contributed by atoms with Crippen molar-refractivity contribution < 1.29 is 19.1 Å². The normalized spacial score (nSPS) is 21.8. The highest BCUT2D eigenvalue weighted by Gasteiger charge is 2.50. The zero-order valence-electron chi connectivity index (χ0n) is 11.3. The number of rotatable bonds is 4. The second-order valence-electron chi connectivity index (χ2n) is 4.39. The Morgan fingerprint density at radius 2 is 1.95 bits per heavy atom. The van der Waals surface area contributed by atoms with Crippen molar-refractivity contribution in [1.29, 1.82) is 0 Å². The summed E-state index contributed by atoms with van der Waals surface area (Å²) < 4.78 is 10.1. The number of carbonyl (C=O) groups is 2. The number of methoxy groups -OCH3 is 1. The maximum Gasteiger partial charge on any atom is 0.330 e. The van der Waals surface area contributed by atoms with Gasteiger partial charge in [-0.15, -0.1) is 0 Å². The van der Waals surface area contributed by atoms with E-state index in [1.165, 1.54) is 4.90 Å². The summed E-state index contributed by atoms with van der Waals surface area (Å²) >= 11 is 0. The van der Waals surface area contributed by atoms with Crippen LogP contribution >= 0.6 is 0 Å². The van der Waals surface area contributed by atoms with Gasteiger partial charge in [0, 0.05) is 5.69 Å². The number of hydrogen-bond donors (Lipinski definition) is 0. The molecular weight excluding hydrogens is 246 g/mol. The smallest absolute Gasteiger partial charge is 0.330 e. The van der Waals surface area contributed by atoms with E-state index in [4.69, 9.17) is 9.47 Å². The molecule has 0 spiro atoms. The molecule has 0 radical (unpaired) electrons. The number of esters is 1. The fourth-order valence-electron chi connectivity index (χ4n) is 2.20. The predicted octanol–water partition coefficient (Wildman–Crippen LogP) is 1.61. The predicted molar refractivity (Wildman–Crippen MR) is 70.1 cm³/mol. The second-order valence-corrected chi connectivity index (χ2v) is 4.39. The lowest BCUT2D eigenvalue weighted by Gasteiger charge is -2.43. The van der Waals surface area contributed by atoms with Gasteiger partial charge in [-0.3, -0.25) is 9.69 Å². The van der Waals surface area contributed by atoms with E-state index in [1.807, 2.05) is 0 Å². The maximum atomic E-state index is 11.9. The molecule has 1 saturated heterocycles. The number of carbonyl (C=O) groups excluding carboxylic acids is 2. The van der Waals surface area contributed by atoms with E-state index >= 15 is 0 Å². The Kier molecular flexibility index (Phi) is 3.74. The molecule has 0 saturated carbocycles. The zero-order chi connectivity index (χ0) is 14.0. The molecule has 1 heterocycles. The Bertz CT molecular complexity index is 483. The third-order valence-corrected chi connectivity index (χ3v) is 3.26. The number of anilines is 1. The molecule has 0 N–H and O–H groups in total. The second kappa shape index (κ2) is 5.30. The van der Waals surface area contributed by atoms with Crippen LogP contribution in [0.3, 0.4) is 0 Å². The molecule has 102 valence electrons. The molecule has 1 amide bonds. The zero-order valence-corrected chi connectivity index (χ0v) is 11.3. The van der Waals surface area contributed by atoms with Crippen LogP contribution in [0.5, 0.6) is 5.75 Å². The summed E-state index contributed by atoms with van der Waals surface area (Å²) in [5.41, 5.74) is 0.682. The van der Waals surface area contributed by atoms with Crippen LogP contribution < -0.4 is 9.64 Å². The summed E-state index contributed by atoms with van der Waals surface area (Å²) in [6.45, 7) is 3.80. The molecule has 5 nitrogen and oxygen atoms in total. The van der Waals surface area contributed by atoms with E-state index in [9.17, 15) is 9.59 Å². The summed E-state index contributed by atoms with van der Waals surface area (Å²) in [6.07, 6.45) is 0. The van der Waals surface area contributed by atoms with Gasteiger partial charge in [0.05, 0.1) is 19.6 Å². The van der Waals surface area contributed by atoms with Gasteiger partial charge in [-0.05, 0) is 31.2 Å². The first kappa shape index (κ1) is 13.4. The highest BCUT2D eigenvalue weighted by Crippen LogP contribution is 2.33. The number of ether oxygens (including phenoxy) is 2. The van der Waals surface area contributed by atoms with Gasteiger partial charge < -0.3 is 9.47 Å². The van der Waals surface area contributed by atoms with Gasteiger partial charge in [0.2, 0.25) is 5.91 Å². The summed E-state index contributed by atoms with van der Waals surface area (Å²) in [5, 5.41) is 0. The number of hydrogen-bond acceptors (Lipinski definition) is 4. The molecule has 2 atom stereocenters. The van der Waals surface area contributed by atoms with Crippen molar-refractivity contribution in [2.45, 2.75) is 19.9 Å². The molecule has 1 fully saturated rings. The summed E-state index contributed by atoms with van der Waals surface area (Å²) in [7, 11) is 1.58. The minimum Gasteiger partial charge on any atom is -0.497 e. The number of nitrogens with zero attached hydrogens (tertiary/aromatic N) is 1. The average molecular weight is 263 g/mol. The van der Waals surface area contributed by atoms with Gasteiger partial charge in [0.15, 0.2) is 0 Å². The van der Waals surface area contributed by atoms with Gasteiger partial charge >= 0.3 is 5.97 Å². The van der Waals surface area contributed by atoms with Crippen LogP contribution in [-0.4, -0.2) is 31.6 Å². The highest BCUT2D eigenvalue weighted by molar-refractivity contribution is 6.10. The first-order valence-corrected chi connectivity index (χ1v) is 6.24. The van der Waals surface area contributed by atoms with Crippen molar-refractivity contribution in [1.82, 2.24) is 0 Å². The molecule has 0 unspecified atom stereocenters. The van der Waals surface area contributed by atoms with E-state index in [0.717, 1.165) is 0 Å².